The molecule has 2 heterocycles. The van der Waals surface area contributed by atoms with Crippen molar-refractivity contribution in [3.63, 3.8) is 0 Å². The van der Waals surface area contributed by atoms with Crippen LogP contribution in [-0.2, 0) is 6.54 Å². The number of benzene rings is 2. The van der Waals surface area contributed by atoms with Crippen LogP contribution in [0.25, 0.3) is 10.9 Å². The highest BCUT2D eigenvalue weighted by Crippen LogP contribution is 2.21. The Balaban J connectivity index is 1.57. The molecular formula is C22H19N5O2. The van der Waals surface area contributed by atoms with Crippen molar-refractivity contribution < 1.29 is 4.92 Å². The number of nitrogens with zero attached hydrogens (tertiary/aromatic N) is 4. The number of hydrazone groups is 1. The molecule has 0 saturated carbocycles. The molecule has 2 aromatic carbocycles. The zero-order valence-electron chi connectivity index (χ0n) is 15.8. The van der Waals surface area contributed by atoms with E-state index in [1.54, 1.807) is 6.21 Å². The lowest BCUT2D eigenvalue weighted by Gasteiger charge is -2.06. The van der Waals surface area contributed by atoms with Crippen LogP contribution in [0.5, 0.6) is 0 Å². The fourth-order valence-corrected chi connectivity index (χ4v) is 3.24. The van der Waals surface area contributed by atoms with Gasteiger partial charge in [0.15, 0.2) is 0 Å². The van der Waals surface area contributed by atoms with Crippen molar-refractivity contribution in [3.05, 3.63) is 99.9 Å². The van der Waals surface area contributed by atoms with Gasteiger partial charge in [0.05, 0.1) is 11.1 Å². The second kappa shape index (κ2) is 7.93. The minimum Gasteiger partial charge on any atom is -0.342 e. The standard InChI is InChI=1S/C22H19N5O2/c1-16-5-4-6-17(11-16)14-26-15-18(20-7-2-3-8-21(20)26)12-24-25-22-10-9-19(13-23-22)27(28)29/h2-13,15H,14H2,1H3,(H,23,25)/b24-12+. The van der Waals surface area contributed by atoms with Crippen LogP contribution in [0.3, 0.4) is 0 Å². The van der Waals surface area contributed by atoms with Crippen molar-refractivity contribution >= 4 is 28.6 Å². The van der Waals surface area contributed by atoms with Gasteiger partial charge in [0, 0.05) is 35.3 Å². The smallest absolute Gasteiger partial charge is 0.287 e. The number of fused-ring (bicyclic) bond motifs is 1. The maximum Gasteiger partial charge on any atom is 0.287 e. The fraction of sp³-hybridized carbons (Fsp3) is 0.0909. The Hall–Kier alpha value is -4.00. The molecule has 7 heteroatoms. The van der Waals surface area contributed by atoms with E-state index in [2.05, 4.69) is 69.6 Å². The lowest BCUT2D eigenvalue weighted by molar-refractivity contribution is -0.385. The Morgan fingerprint density at radius 1 is 1.17 bits per heavy atom. The quantitative estimate of drug-likeness (QED) is 0.295. The molecule has 0 aliphatic heterocycles. The first-order valence-electron chi connectivity index (χ1n) is 9.13. The molecule has 0 bridgehead atoms. The van der Waals surface area contributed by atoms with E-state index < -0.39 is 4.92 Å². The van der Waals surface area contributed by atoms with Crippen molar-refractivity contribution in [1.29, 1.82) is 0 Å². The zero-order chi connectivity index (χ0) is 20.2. The first-order valence-corrected chi connectivity index (χ1v) is 9.13. The summed E-state index contributed by atoms with van der Waals surface area (Å²) in [5.74, 6) is 0.440. The second-order valence-electron chi connectivity index (χ2n) is 6.75. The van der Waals surface area contributed by atoms with Crippen molar-refractivity contribution in [2.45, 2.75) is 13.5 Å². The number of nitrogens with one attached hydrogen (secondary N) is 1. The number of aromatic nitrogens is 2. The highest BCUT2D eigenvalue weighted by Gasteiger charge is 2.08. The summed E-state index contributed by atoms with van der Waals surface area (Å²) in [4.78, 5) is 14.2. The Kier molecular flexibility index (Phi) is 5.03. The van der Waals surface area contributed by atoms with Crippen molar-refractivity contribution in [2.24, 2.45) is 5.10 Å². The van der Waals surface area contributed by atoms with Gasteiger partial charge in [-0.2, -0.15) is 5.10 Å². The van der Waals surface area contributed by atoms with Gasteiger partial charge in [-0.05, 0) is 24.6 Å². The van der Waals surface area contributed by atoms with E-state index in [1.807, 2.05) is 12.1 Å². The van der Waals surface area contributed by atoms with Crippen molar-refractivity contribution in [1.82, 2.24) is 9.55 Å². The van der Waals surface area contributed by atoms with E-state index in [0.717, 1.165) is 23.0 Å². The third kappa shape index (κ3) is 4.14. The highest BCUT2D eigenvalue weighted by molar-refractivity contribution is 5.99. The molecule has 0 radical (unpaired) electrons. The molecular weight excluding hydrogens is 366 g/mol. The van der Waals surface area contributed by atoms with E-state index in [0.29, 0.717) is 5.82 Å². The number of hydrogen-bond donors (Lipinski definition) is 1. The van der Waals surface area contributed by atoms with Gasteiger partial charge in [-0.1, -0.05) is 48.0 Å². The van der Waals surface area contributed by atoms with Crippen LogP contribution >= 0.6 is 0 Å². The third-order valence-corrected chi connectivity index (χ3v) is 4.60. The largest absolute Gasteiger partial charge is 0.342 e. The second-order valence-corrected chi connectivity index (χ2v) is 6.75. The summed E-state index contributed by atoms with van der Waals surface area (Å²) in [6.45, 7) is 2.86. The van der Waals surface area contributed by atoms with Crippen LogP contribution in [0.4, 0.5) is 11.5 Å². The van der Waals surface area contributed by atoms with Gasteiger partial charge < -0.3 is 4.57 Å². The minimum atomic E-state index is -0.483. The van der Waals surface area contributed by atoms with Crippen LogP contribution in [0.15, 0.2) is 78.2 Å². The van der Waals surface area contributed by atoms with Gasteiger partial charge >= 0.3 is 0 Å². The SMILES string of the molecule is Cc1cccc(Cn2cc(/C=N/Nc3ccc([N+](=O)[O-])cn3)c3ccccc32)c1. The average Bonchev–Trinajstić information content (AvgIpc) is 3.06. The highest BCUT2D eigenvalue weighted by atomic mass is 16.6. The zero-order valence-corrected chi connectivity index (χ0v) is 15.8. The molecule has 144 valence electrons. The number of hydrogen-bond acceptors (Lipinski definition) is 5. The minimum absolute atomic E-state index is 0.0567. The summed E-state index contributed by atoms with van der Waals surface area (Å²) in [5, 5.41) is 16.1. The van der Waals surface area contributed by atoms with Crippen LogP contribution < -0.4 is 5.43 Å². The average molecular weight is 385 g/mol. The number of pyridine rings is 1. The molecule has 0 atom stereocenters. The number of rotatable bonds is 6. The molecule has 0 aliphatic rings. The van der Waals surface area contributed by atoms with E-state index in [1.165, 1.54) is 29.5 Å². The van der Waals surface area contributed by atoms with E-state index >= 15 is 0 Å². The van der Waals surface area contributed by atoms with Crippen molar-refractivity contribution in [2.75, 3.05) is 5.43 Å². The van der Waals surface area contributed by atoms with Gasteiger partial charge in [0.25, 0.3) is 5.69 Å². The summed E-state index contributed by atoms with van der Waals surface area (Å²) in [6.07, 6.45) is 5.01. The molecule has 0 spiro atoms. The number of anilines is 1. The molecule has 2 aromatic heterocycles. The number of para-hydroxylation sites is 1. The molecule has 0 aliphatic carbocycles. The Morgan fingerprint density at radius 2 is 2.03 bits per heavy atom. The maximum absolute atomic E-state index is 10.7. The first kappa shape index (κ1) is 18.4. The Labute approximate surface area is 167 Å². The molecule has 0 amide bonds. The molecule has 4 aromatic rings. The molecule has 4 rings (SSSR count). The topological polar surface area (TPSA) is 85.3 Å². The lowest BCUT2D eigenvalue weighted by Crippen LogP contribution is -1.98. The van der Waals surface area contributed by atoms with E-state index in [9.17, 15) is 10.1 Å². The van der Waals surface area contributed by atoms with Crippen LogP contribution in [0.2, 0.25) is 0 Å². The molecule has 0 unspecified atom stereocenters. The van der Waals surface area contributed by atoms with E-state index in [-0.39, 0.29) is 5.69 Å². The molecule has 0 fully saturated rings. The monoisotopic (exact) mass is 385 g/mol. The van der Waals surface area contributed by atoms with Crippen LogP contribution in [0.1, 0.15) is 16.7 Å². The van der Waals surface area contributed by atoms with Gasteiger partial charge in [-0.25, -0.2) is 4.98 Å². The van der Waals surface area contributed by atoms with E-state index in [4.69, 9.17) is 0 Å². The molecule has 7 nitrogen and oxygen atoms in total. The Morgan fingerprint density at radius 3 is 2.79 bits per heavy atom. The number of nitro groups is 1. The summed E-state index contributed by atoms with van der Waals surface area (Å²) >= 11 is 0. The van der Waals surface area contributed by atoms with Gasteiger partial charge in [0.1, 0.15) is 12.0 Å². The van der Waals surface area contributed by atoms with Crippen molar-refractivity contribution in [3.8, 4) is 0 Å². The number of aryl methyl sites for hydroxylation is 1. The van der Waals surface area contributed by atoms with Gasteiger partial charge in [-0.3, -0.25) is 15.5 Å². The summed E-state index contributed by atoms with van der Waals surface area (Å²) in [6, 6.07) is 19.6. The summed E-state index contributed by atoms with van der Waals surface area (Å²) < 4.78 is 2.20. The molecule has 0 saturated heterocycles. The van der Waals surface area contributed by atoms with Crippen LogP contribution in [-0.4, -0.2) is 20.7 Å². The fourth-order valence-electron chi connectivity index (χ4n) is 3.24. The summed E-state index contributed by atoms with van der Waals surface area (Å²) in [5.41, 5.74) is 7.34. The molecule has 29 heavy (non-hydrogen) atoms. The maximum atomic E-state index is 10.7. The predicted molar refractivity (Wildman–Crippen MR) is 114 cm³/mol. The first-order chi connectivity index (χ1) is 14.1. The normalized spacial score (nSPS) is 11.2. The van der Waals surface area contributed by atoms with Gasteiger partial charge in [0.2, 0.25) is 0 Å². The molecule has 1 N–H and O–H groups in total. The third-order valence-electron chi connectivity index (χ3n) is 4.60. The summed E-state index contributed by atoms with van der Waals surface area (Å²) in [7, 11) is 0. The van der Waals surface area contributed by atoms with Crippen LogP contribution in [0, 0.1) is 17.0 Å². The van der Waals surface area contributed by atoms with Gasteiger partial charge in [-0.15, -0.1) is 0 Å². The Bertz CT molecular complexity index is 1200. The predicted octanol–water partition coefficient (Wildman–Crippen LogP) is 4.75. The lowest BCUT2D eigenvalue weighted by atomic mass is 10.1.